The highest BCUT2D eigenvalue weighted by Gasteiger charge is 2.24. The van der Waals surface area contributed by atoms with Crippen LogP contribution in [0.15, 0.2) is 0 Å². The highest BCUT2D eigenvalue weighted by atomic mass is 16.6. The van der Waals surface area contributed by atoms with Crippen LogP contribution in [0.4, 0.5) is 0 Å². The Hall–Kier alpha value is -0.570. The predicted octanol–water partition coefficient (Wildman–Crippen LogP) is 0.789. The van der Waals surface area contributed by atoms with Crippen molar-refractivity contribution < 1.29 is 14.3 Å². The summed E-state index contributed by atoms with van der Waals surface area (Å²) < 4.78 is 9.86. The van der Waals surface area contributed by atoms with Gasteiger partial charge < -0.3 is 9.47 Å². The van der Waals surface area contributed by atoms with Gasteiger partial charge in [0.2, 0.25) is 0 Å². The van der Waals surface area contributed by atoms with Crippen molar-refractivity contribution in [1.82, 2.24) is 0 Å². The second-order valence-electron chi connectivity index (χ2n) is 2.70. The molecule has 0 amide bonds. The van der Waals surface area contributed by atoms with Crippen molar-refractivity contribution in [3.8, 4) is 0 Å². The van der Waals surface area contributed by atoms with Crippen molar-refractivity contribution in [2.75, 3.05) is 13.2 Å². The SMILES string of the molecule is [CH2]C(CC)C(=O)OC1COC1. The molecule has 0 N–H and O–H groups in total. The molecule has 0 aromatic heterocycles. The van der Waals surface area contributed by atoms with Gasteiger partial charge in [-0.15, -0.1) is 0 Å². The summed E-state index contributed by atoms with van der Waals surface area (Å²) >= 11 is 0. The Morgan fingerprint density at radius 2 is 2.45 bits per heavy atom. The quantitative estimate of drug-likeness (QED) is 0.568. The van der Waals surface area contributed by atoms with Crippen molar-refractivity contribution in [3.05, 3.63) is 6.92 Å². The molecule has 1 heterocycles. The van der Waals surface area contributed by atoms with Crippen LogP contribution >= 0.6 is 0 Å². The Morgan fingerprint density at radius 3 is 2.82 bits per heavy atom. The zero-order valence-corrected chi connectivity index (χ0v) is 6.71. The van der Waals surface area contributed by atoms with Crippen LogP contribution in [0, 0.1) is 12.8 Å². The van der Waals surface area contributed by atoms with Crippen LogP contribution in [0.3, 0.4) is 0 Å². The Kier molecular flexibility index (Phi) is 2.88. The van der Waals surface area contributed by atoms with E-state index in [2.05, 4.69) is 6.92 Å². The van der Waals surface area contributed by atoms with E-state index >= 15 is 0 Å². The Bertz CT molecular complexity index is 140. The summed E-state index contributed by atoms with van der Waals surface area (Å²) in [6.07, 6.45) is 0.713. The van der Waals surface area contributed by atoms with E-state index in [0.29, 0.717) is 13.2 Å². The van der Waals surface area contributed by atoms with E-state index in [9.17, 15) is 4.79 Å². The van der Waals surface area contributed by atoms with Crippen LogP contribution in [0.25, 0.3) is 0 Å². The molecule has 0 aromatic rings. The maximum Gasteiger partial charge on any atom is 0.309 e. The standard InChI is InChI=1S/C8H13O3/c1-3-6(2)8(9)11-7-4-10-5-7/h6-7H,2-5H2,1H3. The first kappa shape index (κ1) is 8.53. The van der Waals surface area contributed by atoms with Crippen LogP contribution < -0.4 is 0 Å². The maximum atomic E-state index is 11.0. The Balaban J connectivity index is 2.19. The smallest absolute Gasteiger partial charge is 0.309 e. The monoisotopic (exact) mass is 157 g/mol. The van der Waals surface area contributed by atoms with Gasteiger partial charge in [-0.05, 0) is 13.3 Å². The molecular weight excluding hydrogens is 144 g/mol. The molecule has 11 heavy (non-hydrogen) atoms. The molecule has 1 rings (SSSR count). The third-order valence-corrected chi connectivity index (χ3v) is 1.72. The van der Waals surface area contributed by atoms with Gasteiger partial charge in [-0.3, -0.25) is 4.79 Å². The largest absolute Gasteiger partial charge is 0.457 e. The van der Waals surface area contributed by atoms with Crippen molar-refractivity contribution in [2.45, 2.75) is 19.4 Å². The predicted molar refractivity (Wildman–Crippen MR) is 39.8 cm³/mol. The number of carbonyl (C=O) groups excluding carboxylic acids is 1. The third kappa shape index (κ3) is 2.19. The molecule has 0 aliphatic carbocycles. The van der Waals surface area contributed by atoms with Crippen molar-refractivity contribution in [2.24, 2.45) is 5.92 Å². The van der Waals surface area contributed by atoms with Crippen molar-refractivity contribution in [3.63, 3.8) is 0 Å². The summed E-state index contributed by atoms with van der Waals surface area (Å²) in [5, 5.41) is 0. The number of rotatable bonds is 3. The molecular formula is C8H13O3. The third-order valence-electron chi connectivity index (χ3n) is 1.72. The molecule has 3 heteroatoms. The van der Waals surface area contributed by atoms with Crippen molar-refractivity contribution in [1.29, 1.82) is 0 Å². The highest BCUT2D eigenvalue weighted by Crippen LogP contribution is 2.10. The van der Waals surface area contributed by atoms with Gasteiger partial charge in [0.1, 0.15) is 6.10 Å². The van der Waals surface area contributed by atoms with E-state index in [1.165, 1.54) is 0 Å². The molecule has 1 fully saturated rings. The first-order chi connectivity index (χ1) is 5.24. The summed E-state index contributed by atoms with van der Waals surface area (Å²) in [7, 11) is 0. The molecule has 3 nitrogen and oxygen atoms in total. The van der Waals surface area contributed by atoms with Crippen LogP contribution in [0.2, 0.25) is 0 Å². The normalized spacial score (nSPS) is 20.5. The number of hydrogen-bond acceptors (Lipinski definition) is 3. The molecule has 0 aromatic carbocycles. The van der Waals surface area contributed by atoms with Gasteiger partial charge in [-0.2, -0.15) is 0 Å². The topological polar surface area (TPSA) is 35.5 Å². The lowest BCUT2D eigenvalue weighted by atomic mass is 10.1. The molecule has 0 bridgehead atoms. The van der Waals surface area contributed by atoms with Crippen LogP contribution in [-0.4, -0.2) is 25.3 Å². The summed E-state index contributed by atoms with van der Waals surface area (Å²) in [5.74, 6) is -0.434. The fraction of sp³-hybridized carbons (Fsp3) is 0.750. The summed E-state index contributed by atoms with van der Waals surface area (Å²) in [6, 6.07) is 0. The lowest BCUT2D eigenvalue weighted by molar-refractivity contribution is -0.175. The fourth-order valence-corrected chi connectivity index (χ4v) is 0.709. The maximum absolute atomic E-state index is 11.0. The molecule has 1 aliphatic rings. The van der Waals surface area contributed by atoms with E-state index < -0.39 is 0 Å². The van der Waals surface area contributed by atoms with E-state index in [0.717, 1.165) is 6.42 Å². The first-order valence-electron chi connectivity index (χ1n) is 3.85. The molecule has 1 saturated heterocycles. The van der Waals surface area contributed by atoms with Gasteiger partial charge in [0.25, 0.3) is 0 Å². The molecule has 0 saturated carbocycles. The van der Waals surface area contributed by atoms with Crippen LogP contribution in [-0.2, 0) is 14.3 Å². The Morgan fingerprint density at radius 1 is 1.82 bits per heavy atom. The summed E-state index contributed by atoms with van der Waals surface area (Å²) in [4.78, 5) is 11.0. The van der Waals surface area contributed by atoms with Gasteiger partial charge in [0.05, 0.1) is 19.1 Å². The van der Waals surface area contributed by atoms with Gasteiger partial charge >= 0.3 is 5.97 Å². The number of carbonyl (C=O) groups is 1. The second kappa shape index (κ2) is 3.72. The molecule has 63 valence electrons. The lowest BCUT2D eigenvalue weighted by Gasteiger charge is -2.26. The van der Waals surface area contributed by atoms with E-state index in [4.69, 9.17) is 9.47 Å². The van der Waals surface area contributed by atoms with Crippen LogP contribution in [0.5, 0.6) is 0 Å². The Labute approximate surface area is 66.7 Å². The molecule has 1 aliphatic heterocycles. The zero-order valence-electron chi connectivity index (χ0n) is 6.71. The molecule has 0 spiro atoms. The second-order valence-corrected chi connectivity index (χ2v) is 2.70. The van der Waals surface area contributed by atoms with Crippen molar-refractivity contribution >= 4 is 5.97 Å². The lowest BCUT2D eigenvalue weighted by Crippen LogP contribution is -2.39. The average molecular weight is 157 g/mol. The van der Waals surface area contributed by atoms with Gasteiger partial charge in [-0.25, -0.2) is 0 Å². The fourth-order valence-electron chi connectivity index (χ4n) is 0.709. The minimum absolute atomic E-state index is 0.0155. The summed E-state index contributed by atoms with van der Waals surface area (Å²) in [5.41, 5.74) is 0. The molecule has 1 atom stereocenters. The van der Waals surface area contributed by atoms with Gasteiger partial charge in [0.15, 0.2) is 0 Å². The highest BCUT2D eigenvalue weighted by molar-refractivity contribution is 5.73. The molecule has 1 radical (unpaired) electrons. The van der Waals surface area contributed by atoms with Gasteiger partial charge in [0, 0.05) is 0 Å². The minimum Gasteiger partial charge on any atom is -0.457 e. The first-order valence-corrected chi connectivity index (χ1v) is 3.85. The number of hydrogen-bond donors (Lipinski definition) is 0. The van der Waals surface area contributed by atoms with Crippen LogP contribution in [0.1, 0.15) is 13.3 Å². The molecule has 1 unspecified atom stereocenters. The van der Waals surface area contributed by atoms with E-state index in [1.807, 2.05) is 6.92 Å². The number of esters is 1. The van der Waals surface area contributed by atoms with E-state index in [-0.39, 0.29) is 18.0 Å². The zero-order chi connectivity index (χ0) is 8.27. The number of ether oxygens (including phenoxy) is 2. The average Bonchev–Trinajstić information content (AvgIpc) is 1.94. The van der Waals surface area contributed by atoms with E-state index in [1.54, 1.807) is 0 Å². The minimum atomic E-state index is -0.226. The summed E-state index contributed by atoms with van der Waals surface area (Å²) in [6.45, 7) is 6.65. The van der Waals surface area contributed by atoms with Gasteiger partial charge in [-0.1, -0.05) is 6.92 Å².